The minimum Gasteiger partial charge on any atom is -0.457 e. The van der Waals surface area contributed by atoms with Crippen LogP contribution in [0.15, 0.2) is 42.5 Å². The standard InChI is InChI=1S/C14H10F5NO2/c15-13(16)11-6-8(20)4-5-12(11)21-9-2-1-3-10(7-9)22-14(17,18)19/h1-7,13H,20H2. The van der Waals surface area contributed by atoms with Gasteiger partial charge < -0.3 is 15.2 Å². The van der Waals surface area contributed by atoms with Crippen LogP contribution in [-0.2, 0) is 0 Å². The Kier molecular flexibility index (Phi) is 4.39. The highest BCUT2D eigenvalue weighted by atomic mass is 19.4. The van der Waals surface area contributed by atoms with Crippen LogP contribution < -0.4 is 15.2 Å². The number of benzene rings is 2. The summed E-state index contributed by atoms with van der Waals surface area (Å²) in [6.45, 7) is 0. The van der Waals surface area contributed by atoms with Crippen molar-refractivity contribution < 1.29 is 31.4 Å². The fourth-order valence-electron chi connectivity index (χ4n) is 1.69. The number of rotatable bonds is 4. The summed E-state index contributed by atoms with van der Waals surface area (Å²) in [7, 11) is 0. The monoisotopic (exact) mass is 319 g/mol. The number of hydrogen-bond acceptors (Lipinski definition) is 3. The Hall–Kier alpha value is -2.51. The lowest BCUT2D eigenvalue weighted by atomic mass is 10.2. The van der Waals surface area contributed by atoms with E-state index in [-0.39, 0.29) is 17.2 Å². The first-order valence-corrected chi connectivity index (χ1v) is 5.96. The summed E-state index contributed by atoms with van der Waals surface area (Å²) in [5.74, 6) is -0.791. The lowest BCUT2D eigenvalue weighted by molar-refractivity contribution is -0.274. The van der Waals surface area contributed by atoms with Gasteiger partial charge in [0, 0.05) is 11.8 Å². The predicted octanol–water partition coefficient (Wildman–Crippen LogP) is 4.90. The average Bonchev–Trinajstić information content (AvgIpc) is 2.39. The van der Waals surface area contributed by atoms with E-state index in [4.69, 9.17) is 10.5 Å². The predicted molar refractivity (Wildman–Crippen MR) is 69.0 cm³/mol. The van der Waals surface area contributed by atoms with Crippen molar-refractivity contribution in [2.75, 3.05) is 5.73 Å². The highest BCUT2D eigenvalue weighted by molar-refractivity contribution is 5.50. The van der Waals surface area contributed by atoms with E-state index in [0.29, 0.717) is 0 Å². The van der Waals surface area contributed by atoms with Crippen LogP contribution in [0.5, 0.6) is 17.2 Å². The zero-order chi connectivity index (χ0) is 16.3. The largest absolute Gasteiger partial charge is 0.573 e. The van der Waals surface area contributed by atoms with Crippen molar-refractivity contribution in [2.24, 2.45) is 0 Å². The van der Waals surface area contributed by atoms with Gasteiger partial charge in [-0.3, -0.25) is 0 Å². The molecule has 0 aliphatic rings. The molecule has 0 aromatic heterocycles. The molecule has 2 aromatic carbocycles. The van der Waals surface area contributed by atoms with Gasteiger partial charge in [0.15, 0.2) is 0 Å². The van der Waals surface area contributed by atoms with Crippen molar-refractivity contribution in [3.8, 4) is 17.2 Å². The molecule has 0 spiro atoms. The molecule has 0 saturated carbocycles. The lowest BCUT2D eigenvalue weighted by Gasteiger charge is -2.13. The fraction of sp³-hybridized carbons (Fsp3) is 0.143. The minimum absolute atomic E-state index is 0.0755. The van der Waals surface area contributed by atoms with Gasteiger partial charge in [0.05, 0.1) is 5.56 Å². The number of nitrogen functional groups attached to an aromatic ring is 1. The Balaban J connectivity index is 2.26. The van der Waals surface area contributed by atoms with E-state index >= 15 is 0 Å². The Labute approximate surface area is 122 Å². The van der Waals surface area contributed by atoms with E-state index in [1.54, 1.807) is 0 Å². The number of halogens is 5. The van der Waals surface area contributed by atoms with Crippen LogP contribution in [0.1, 0.15) is 12.0 Å². The van der Waals surface area contributed by atoms with Gasteiger partial charge in [-0.1, -0.05) is 6.07 Å². The molecule has 0 aliphatic heterocycles. The van der Waals surface area contributed by atoms with Crippen LogP contribution in [0.25, 0.3) is 0 Å². The molecule has 3 nitrogen and oxygen atoms in total. The molecule has 0 bridgehead atoms. The van der Waals surface area contributed by atoms with E-state index in [2.05, 4.69) is 4.74 Å². The fourth-order valence-corrected chi connectivity index (χ4v) is 1.69. The molecule has 0 atom stereocenters. The van der Waals surface area contributed by atoms with Gasteiger partial charge in [-0.25, -0.2) is 8.78 Å². The SMILES string of the molecule is Nc1ccc(Oc2cccc(OC(F)(F)F)c2)c(C(F)F)c1. The first-order chi connectivity index (χ1) is 10.2. The zero-order valence-corrected chi connectivity index (χ0v) is 10.9. The van der Waals surface area contributed by atoms with Crippen LogP contribution in [0.2, 0.25) is 0 Å². The van der Waals surface area contributed by atoms with Crippen molar-refractivity contribution in [1.82, 2.24) is 0 Å². The van der Waals surface area contributed by atoms with E-state index < -0.39 is 24.1 Å². The molecule has 0 saturated heterocycles. The van der Waals surface area contributed by atoms with Gasteiger partial charge in [0.25, 0.3) is 6.43 Å². The smallest absolute Gasteiger partial charge is 0.457 e. The van der Waals surface area contributed by atoms with Gasteiger partial charge in [-0.05, 0) is 30.3 Å². The lowest BCUT2D eigenvalue weighted by Crippen LogP contribution is -2.17. The van der Waals surface area contributed by atoms with Crippen LogP contribution in [-0.4, -0.2) is 6.36 Å². The summed E-state index contributed by atoms with van der Waals surface area (Å²) in [5.41, 5.74) is 5.08. The molecule has 0 aliphatic carbocycles. The Morgan fingerprint density at radius 2 is 1.64 bits per heavy atom. The van der Waals surface area contributed by atoms with Gasteiger partial charge >= 0.3 is 6.36 Å². The third-order valence-electron chi connectivity index (χ3n) is 2.54. The van der Waals surface area contributed by atoms with E-state index in [9.17, 15) is 22.0 Å². The molecule has 0 unspecified atom stereocenters. The van der Waals surface area contributed by atoms with E-state index in [0.717, 1.165) is 18.2 Å². The average molecular weight is 319 g/mol. The molecule has 0 amide bonds. The third-order valence-corrected chi connectivity index (χ3v) is 2.54. The summed E-state index contributed by atoms with van der Waals surface area (Å²) < 4.78 is 71.1. The Bertz CT molecular complexity index is 658. The van der Waals surface area contributed by atoms with Crippen LogP contribution >= 0.6 is 0 Å². The number of alkyl halides is 5. The number of anilines is 1. The van der Waals surface area contributed by atoms with E-state index in [1.807, 2.05) is 0 Å². The van der Waals surface area contributed by atoms with Crippen molar-refractivity contribution in [3.05, 3.63) is 48.0 Å². The Morgan fingerprint density at radius 3 is 2.27 bits per heavy atom. The second-order valence-electron chi connectivity index (χ2n) is 4.22. The number of ether oxygens (including phenoxy) is 2. The summed E-state index contributed by atoms with van der Waals surface area (Å²) >= 11 is 0. The molecular weight excluding hydrogens is 309 g/mol. The molecule has 0 radical (unpaired) electrons. The van der Waals surface area contributed by atoms with E-state index in [1.165, 1.54) is 24.3 Å². The molecule has 0 heterocycles. The summed E-state index contributed by atoms with van der Waals surface area (Å²) in [5, 5.41) is 0. The van der Waals surface area contributed by atoms with Gasteiger partial charge in [0.2, 0.25) is 0 Å². The molecule has 2 rings (SSSR count). The molecule has 8 heteroatoms. The molecule has 22 heavy (non-hydrogen) atoms. The number of nitrogens with two attached hydrogens (primary N) is 1. The molecule has 0 fully saturated rings. The quantitative estimate of drug-likeness (QED) is 0.644. The first kappa shape index (κ1) is 15.9. The van der Waals surface area contributed by atoms with Crippen molar-refractivity contribution in [2.45, 2.75) is 12.8 Å². The second kappa shape index (κ2) is 6.08. The maximum absolute atomic E-state index is 12.9. The molecule has 118 valence electrons. The normalized spacial score (nSPS) is 11.5. The maximum Gasteiger partial charge on any atom is 0.573 e. The maximum atomic E-state index is 12.9. The van der Waals surface area contributed by atoms with Crippen molar-refractivity contribution in [1.29, 1.82) is 0 Å². The number of hydrogen-bond donors (Lipinski definition) is 1. The highest BCUT2D eigenvalue weighted by Gasteiger charge is 2.31. The summed E-state index contributed by atoms with van der Waals surface area (Å²) in [4.78, 5) is 0. The first-order valence-electron chi connectivity index (χ1n) is 5.96. The van der Waals surface area contributed by atoms with Gasteiger partial charge in [-0.15, -0.1) is 13.2 Å². The third kappa shape index (κ3) is 4.24. The van der Waals surface area contributed by atoms with Gasteiger partial charge in [0.1, 0.15) is 17.2 Å². The zero-order valence-electron chi connectivity index (χ0n) is 10.9. The molecule has 2 aromatic rings. The summed E-state index contributed by atoms with van der Waals surface area (Å²) in [6.07, 6.45) is -7.69. The van der Waals surface area contributed by atoms with Crippen molar-refractivity contribution >= 4 is 5.69 Å². The minimum atomic E-state index is -4.85. The Morgan fingerprint density at radius 1 is 0.955 bits per heavy atom. The van der Waals surface area contributed by atoms with Crippen LogP contribution in [0.4, 0.5) is 27.6 Å². The topological polar surface area (TPSA) is 44.5 Å². The second-order valence-corrected chi connectivity index (χ2v) is 4.22. The molecular formula is C14H10F5NO2. The highest BCUT2D eigenvalue weighted by Crippen LogP contribution is 2.35. The van der Waals surface area contributed by atoms with Crippen LogP contribution in [0, 0.1) is 0 Å². The van der Waals surface area contributed by atoms with Crippen molar-refractivity contribution in [3.63, 3.8) is 0 Å². The van der Waals surface area contributed by atoms with Gasteiger partial charge in [-0.2, -0.15) is 0 Å². The van der Waals surface area contributed by atoms with Crippen LogP contribution in [0.3, 0.4) is 0 Å². The molecule has 2 N–H and O–H groups in total. The summed E-state index contributed by atoms with van der Waals surface area (Å²) in [6, 6.07) is 8.17.